The van der Waals surface area contributed by atoms with E-state index < -0.39 is 60.2 Å². The highest BCUT2D eigenvalue weighted by molar-refractivity contribution is 5.82. The summed E-state index contributed by atoms with van der Waals surface area (Å²) in [6.45, 7) is 0.312. The summed E-state index contributed by atoms with van der Waals surface area (Å²) >= 11 is 0. The Bertz CT molecular complexity index is 1430. The number of nitrogens with one attached hydrogen (secondary N) is 1. The Labute approximate surface area is 255 Å². The van der Waals surface area contributed by atoms with E-state index in [-0.39, 0.29) is 49.9 Å². The zero-order valence-corrected chi connectivity index (χ0v) is 24.1. The first-order valence-corrected chi connectivity index (χ1v) is 14.4. The second kappa shape index (κ2) is 15.5. The van der Waals surface area contributed by atoms with Crippen molar-refractivity contribution in [1.29, 1.82) is 0 Å². The number of carbonyl (C=O) groups excluding carboxylic acids is 2. The highest BCUT2D eigenvalue weighted by Crippen LogP contribution is 2.31. The van der Waals surface area contributed by atoms with Gasteiger partial charge in [-0.3, -0.25) is 9.59 Å². The van der Waals surface area contributed by atoms with Crippen LogP contribution in [0.2, 0.25) is 0 Å². The molecule has 0 radical (unpaired) electrons. The Morgan fingerprint density at radius 3 is 2.29 bits per heavy atom. The van der Waals surface area contributed by atoms with Crippen molar-refractivity contribution in [2.45, 2.75) is 62.8 Å². The lowest BCUT2D eigenvalue weighted by molar-refractivity contribution is -0.158. The smallest absolute Gasteiger partial charge is 0.389 e. The van der Waals surface area contributed by atoms with Crippen LogP contribution in [0, 0.1) is 23.3 Å². The fourth-order valence-corrected chi connectivity index (χ4v) is 5.24. The number of benzene rings is 3. The highest BCUT2D eigenvalue weighted by Gasteiger charge is 2.29. The number of hydrogen-bond donors (Lipinski definition) is 1. The van der Waals surface area contributed by atoms with Gasteiger partial charge in [0, 0.05) is 31.4 Å². The Kier molecular flexibility index (Phi) is 11.7. The van der Waals surface area contributed by atoms with E-state index in [2.05, 4.69) is 5.32 Å². The molecule has 4 rings (SSSR count). The SMILES string of the molecule is O=C(Cc1cccc(F)c1CC[C@@H]1CN[C@H](COC(=O)CCC(F)(F)F)CO1)C[C@@H](c1ccc(F)cc1)c1cc(F)cc(F)c1. The van der Waals surface area contributed by atoms with Gasteiger partial charge in [0.1, 0.15) is 35.7 Å². The van der Waals surface area contributed by atoms with E-state index in [1.165, 1.54) is 36.4 Å². The molecule has 3 atom stereocenters. The van der Waals surface area contributed by atoms with Crippen molar-refractivity contribution in [3.8, 4) is 0 Å². The van der Waals surface area contributed by atoms with E-state index >= 15 is 0 Å². The van der Waals surface area contributed by atoms with Crippen molar-refractivity contribution in [2.75, 3.05) is 19.8 Å². The Morgan fingerprint density at radius 2 is 1.64 bits per heavy atom. The van der Waals surface area contributed by atoms with Crippen molar-refractivity contribution in [1.82, 2.24) is 5.32 Å². The van der Waals surface area contributed by atoms with Crippen LogP contribution in [0.1, 0.15) is 53.9 Å². The third-order valence-electron chi connectivity index (χ3n) is 7.54. The minimum atomic E-state index is -4.44. The molecule has 1 aliphatic rings. The van der Waals surface area contributed by atoms with E-state index in [0.29, 0.717) is 29.7 Å². The number of esters is 1. The molecule has 1 N–H and O–H groups in total. The number of Topliss-reactive ketones (excluding diaryl/α,β-unsaturated/α-hetero) is 1. The number of hydrogen-bond acceptors (Lipinski definition) is 5. The minimum Gasteiger partial charge on any atom is -0.464 e. The van der Waals surface area contributed by atoms with Gasteiger partial charge in [-0.05, 0) is 65.4 Å². The predicted octanol–water partition coefficient (Wildman–Crippen LogP) is 6.75. The molecular weight excluding hydrogens is 607 g/mol. The molecule has 1 heterocycles. The second-order valence-electron chi connectivity index (χ2n) is 11.0. The first-order chi connectivity index (χ1) is 21.4. The summed E-state index contributed by atoms with van der Waals surface area (Å²) in [6, 6.07) is 12.3. The van der Waals surface area contributed by atoms with Gasteiger partial charge in [-0.2, -0.15) is 13.2 Å². The summed E-state index contributed by atoms with van der Waals surface area (Å²) in [5.41, 5.74) is 1.48. The summed E-state index contributed by atoms with van der Waals surface area (Å²) in [5.74, 6) is -4.67. The molecule has 0 aliphatic carbocycles. The molecule has 0 amide bonds. The van der Waals surface area contributed by atoms with Crippen LogP contribution in [0.15, 0.2) is 60.7 Å². The van der Waals surface area contributed by atoms with Crippen LogP contribution in [-0.2, 0) is 31.9 Å². The zero-order valence-electron chi connectivity index (χ0n) is 24.1. The third-order valence-corrected chi connectivity index (χ3v) is 7.54. The fraction of sp³-hybridized carbons (Fsp3) is 0.394. The van der Waals surface area contributed by atoms with E-state index in [0.717, 1.165) is 18.2 Å². The number of ether oxygens (including phenoxy) is 2. The normalized spacial score (nSPS) is 17.6. The van der Waals surface area contributed by atoms with Crippen LogP contribution in [0.5, 0.6) is 0 Å². The van der Waals surface area contributed by atoms with Crippen LogP contribution >= 0.6 is 0 Å². The molecule has 45 heavy (non-hydrogen) atoms. The molecule has 12 heteroatoms. The average molecular weight is 640 g/mol. The fourth-order valence-electron chi connectivity index (χ4n) is 5.24. The van der Waals surface area contributed by atoms with Gasteiger partial charge < -0.3 is 14.8 Å². The molecule has 0 bridgehead atoms. The van der Waals surface area contributed by atoms with Gasteiger partial charge in [-0.1, -0.05) is 24.3 Å². The average Bonchev–Trinajstić information content (AvgIpc) is 2.98. The van der Waals surface area contributed by atoms with Crippen molar-refractivity contribution in [2.24, 2.45) is 0 Å². The summed E-state index contributed by atoms with van der Waals surface area (Å²) in [4.78, 5) is 24.8. The first-order valence-electron chi connectivity index (χ1n) is 14.4. The molecule has 242 valence electrons. The van der Waals surface area contributed by atoms with Crippen molar-refractivity contribution < 1.29 is 49.8 Å². The monoisotopic (exact) mass is 639 g/mol. The Morgan fingerprint density at radius 1 is 0.933 bits per heavy atom. The summed E-state index contributed by atoms with van der Waals surface area (Å²) in [5, 5.41) is 3.11. The van der Waals surface area contributed by atoms with Crippen LogP contribution in [0.3, 0.4) is 0 Å². The molecule has 0 unspecified atom stereocenters. The predicted molar refractivity (Wildman–Crippen MR) is 150 cm³/mol. The Hall–Kier alpha value is -3.77. The summed E-state index contributed by atoms with van der Waals surface area (Å²) < 4.78 is 104. The highest BCUT2D eigenvalue weighted by atomic mass is 19.4. The maximum atomic E-state index is 14.9. The lowest BCUT2D eigenvalue weighted by Crippen LogP contribution is -2.49. The molecule has 5 nitrogen and oxygen atoms in total. The molecule has 1 saturated heterocycles. The van der Waals surface area contributed by atoms with E-state index in [4.69, 9.17) is 9.47 Å². The maximum absolute atomic E-state index is 14.9. The molecule has 1 aliphatic heterocycles. The number of ketones is 1. The number of halogens is 7. The van der Waals surface area contributed by atoms with Gasteiger partial charge in [0.05, 0.1) is 31.6 Å². The van der Waals surface area contributed by atoms with Crippen LogP contribution in [0.25, 0.3) is 0 Å². The van der Waals surface area contributed by atoms with Crippen molar-refractivity contribution in [3.05, 3.63) is 106 Å². The summed E-state index contributed by atoms with van der Waals surface area (Å²) in [6.07, 6.45) is -6.49. The number of rotatable bonds is 13. The van der Waals surface area contributed by atoms with Gasteiger partial charge in [0.15, 0.2) is 0 Å². The topological polar surface area (TPSA) is 64.6 Å². The van der Waals surface area contributed by atoms with Gasteiger partial charge in [0.2, 0.25) is 0 Å². The molecule has 0 saturated carbocycles. The van der Waals surface area contributed by atoms with E-state index in [9.17, 15) is 40.3 Å². The lowest BCUT2D eigenvalue weighted by Gasteiger charge is -2.30. The standard InChI is InChI=1S/C33H32F7NO4/c34-23-6-4-20(5-7-23)30(22-12-24(35)15-25(36)13-22)16-27(42)14-21-2-1-3-31(37)29(21)9-8-28-17-41-26(18-44-28)19-45-32(43)10-11-33(38,39)40/h1-7,12-13,15,26,28,30,41H,8-11,14,16-19H2/t26-,28+,30-/m0/s1. The maximum Gasteiger partial charge on any atom is 0.389 e. The van der Waals surface area contributed by atoms with Crippen LogP contribution in [-0.4, -0.2) is 49.8 Å². The molecule has 1 fully saturated rings. The molecule has 0 aromatic heterocycles. The number of morpholine rings is 1. The van der Waals surface area contributed by atoms with Gasteiger partial charge >= 0.3 is 12.1 Å². The van der Waals surface area contributed by atoms with Crippen molar-refractivity contribution in [3.63, 3.8) is 0 Å². The summed E-state index contributed by atoms with van der Waals surface area (Å²) in [7, 11) is 0. The second-order valence-corrected chi connectivity index (χ2v) is 11.0. The van der Waals surface area contributed by atoms with E-state index in [1.54, 1.807) is 6.07 Å². The van der Waals surface area contributed by atoms with E-state index in [1.807, 2.05) is 0 Å². The van der Waals surface area contributed by atoms with Crippen LogP contribution in [0.4, 0.5) is 30.7 Å². The molecular formula is C33H32F7NO4. The third kappa shape index (κ3) is 10.7. The van der Waals surface area contributed by atoms with Crippen LogP contribution < -0.4 is 5.32 Å². The molecule has 3 aromatic rings. The first kappa shape index (κ1) is 34.1. The molecule has 3 aromatic carbocycles. The number of carbonyl (C=O) groups is 2. The van der Waals surface area contributed by atoms with Gasteiger partial charge in [-0.25, -0.2) is 17.6 Å². The van der Waals surface area contributed by atoms with Crippen molar-refractivity contribution >= 4 is 11.8 Å². The van der Waals surface area contributed by atoms with Gasteiger partial charge in [0.25, 0.3) is 0 Å². The quantitative estimate of drug-likeness (QED) is 0.166. The zero-order chi connectivity index (χ0) is 32.6. The van der Waals surface area contributed by atoms with Gasteiger partial charge in [-0.15, -0.1) is 0 Å². The largest absolute Gasteiger partial charge is 0.464 e. The minimum absolute atomic E-state index is 0.130. The lowest BCUT2D eigenvalue weighted by atomic mass is 9.85. The molecule has 0 spiro atoms. The number of alkyl halides is 3. The Balaban J connectivity index is 1.34.